The summed E-state index contributed by atoms with van der Waals surface area (Å²) in [7, 11) is 0. The first-order chi connectivity index (χ1) is 15.0. The largest absolute Gasteiger partial charge is 0.340 e. The Balaban J connectivity index is 1.84. The Hall–Kier alpha value is -3.32. The molecule has 1 aromatic heterocycles. The van der Waals surface area contributed by atoms with Crippen molar-refractivity contribution >= 4 is 46.0 Å². The number of hydrogen-bond acceptors (Lipinski definition) is 2. The lowest BCUT2D eigenvalue weighted by Gasteiger charge is -2.10. The van der Waals surface area contributed by atoms with E-state index in [0.29, 0.717) is 22.2 Å². The monoisotopic (exact) mass is 444 g/mol. The topological polar surface area (TPSA) is 45.8 Å². The summed E-state index contributed by atoms with van der Waals surface area (Å²) >= 11 is 12.5. The number of fused-ring (bicyclic) bond motifs is 1. The van der Waals surface area contributed by atoms with Gasteiger partial charge in [0.05, 0.1) is 0 Å². The van der Waals surface area contributed by atoms with E-state index >= 15 is 0 Å². The Bertz CT molecular complexity index is 1360. The zero-order chi connectivity index (χ0) is 22.0. The van der Waals surface area contributed by atoms with Crippen LogP contribution in [0.25, 0.3) is 17.0 Å². The average molecular weight is 445 g/mol. The molecule has 0 bridgehead atoms. The molecule has 3 aromatic carbocycles. The lowest BCUT2D eigenvalue weighted by Crippen LogP contribution is -2.03. The fraction of sp³-hybridized carbons (Fsp3) is 0.0769. The Morgan fingerprint density at radius 3 is 2.45 bits per heavy atom. The number of ketones is 1. The molecule has 0 fully saturated rings. The summed E-state index contributed by atoms with van der Waals surface area (Å²) in [6.07, 6.45) is 1.69. The summed E-state index contributed by atoms with van der Waals surface area (Å²) in [6.45, 7) is 2.53. The highest BCUT2D eigenvalue weighted by molar-refractivity contribution is 6.35. The van der Waals surface area contributed by atoms with Crippen molar-refractivity contribution in [2.24, 2.45) is 0 Å². The number of nitrogens with zero attached hydrogens (tertiary/aromatic N) is 2. The Labute approximate surface area is 190 Å². The Kier molecular flexibility index (Phi) is 5.95. The quantitative estimate of drug-likeness (QED) is 0.187. The standard InChI is InChI=1S/C26H18Cl2N2O/c1-17-23(13-20(15-29)26(31)18-7-3-2-4-8-18)22-9-5-6-10-25(22)30(17)16-19-11-12-21(27)14-24(19)28/h2-14H,16H2,1H3/b20-13+. The van der Waals surface area contributed by atoms with Crippen LogP contribution in [0, 0.1) is 18.3 Å². The zero-order valence-corrected chi connectivity index (χ0v) is 18.3. The molecule has 4 rings (SSSR count). The molecule has 5 heteroatoms. The number of hydrogen-bond donors (Lipinski definition) is 0. The molecule has 0 radical (unpaired) electrons. The third-order valence-corrected chi connectivity index (χ3v) is 5.90. The molecule has 3 nitrogen and oxygen atoms in total. The van der Waals surface area contributed by atoms with Gasteiger partial charge in [0, 0.05) is 44.3 Å². The van der Waals surface area contributed by atoms with E-state index in [1.54, 1.807) is 36.4 Å². The van der Waals surface area contributed by atoms with Crippen molar-refractivity contribution in [3.05, 3.63) is 111 Å². The summed E-state index contributed by atoms with van der Waals surface area (Å²) in [4.78, 5) is 12.9. The van der Waals surface area contributed by atoms with Crippen LogP contribution < -0.4 is 0 Å². The fourth-order valence-corrected chi connectivity index (χ4v) is 4.17. The normalized spacial score (nSPS) is 11.5. The molecule has 31 heavy (non-hydrogen) atoms. The minimum Gasteiger partial charge on any atom is -0.340 e. The predicted octanol–water partition coefficient (Wildman–Crippen LogP) is 7.09. The molecule has 0 saturated heterocycles. The van der Waals surface area contributed by atoms with Gasteiger partial charge >= 0.3 is 0 Å². The van der Waals surface area contributed by atoms with Crippen molar-refractivity contribution in [2.75, 3.05) is 0 Å². The molecule has 0 saturated carbocycles. The van der Waals surface area contributed by atoms with Crippen LogP contribution in [0.5, 0.6) is 0 Å². The van der Waals surface area contributed by atoms with Gasteiger partial charge in [-0.1, -0.05) is 77.8 Å². The Morgan fingerprint density at radius 2 is 1.74 bits per heavy atom. The van der Waals surface area contributed by atoms with Crippen LogP contribution in [0.1, 0.15) is 27.2 Å². The third kappa shape index (κ3) is 4.14. The summed E-state index contributed by atoms with van der Waals surface area (Å²) in [6, 6.07) is 24.3. The second-order valence-electron chi connectivity index (χ2n) is 7.20. The van der Waals surface area contributed by atoms with E-state index in [0.717, 1.165) is 27.7 Å². The first-order valence-electron chi connectivity index (χ1n) is 9.73. The molecule has 0 unspecified atom stereocenters. The van der Waals surface area contributed by atoms with Crippen LogP contribution in [0.3, 0.4) is 0 Å². The van der Waals surface area contributed by atoms with E-state index in [-0.39, 0.29) is 11.4 Å². The van der Waals surface area contributed by atoms with Crippen LogP contribution in [0.4, 0.5) is 0 Å². The number of Topliss-reactive ketones (excluding diaryl/α,β-unsaturated/α-hetero) is 1. The first-order valence-corrected chi connectivity index (χ1v) is 10.5. The van der Waals surface area contributed by atoms with Crippen molar-refractivity contribution in [1.82, 2.24) is 4.57 Å². The van der Waals surface area contributed by atoms with Gasteiger partial charge in [0.15, 0.2) is 0 Å². The van der Waals surface area contributed by atoms with Crippen molar-refractivity contribution in [2.45, 2.75) is 13.5 Å². The van der Waals surface area contributed by atoms with Gasteiger partial charge in [0.1, 0.15) is 11.6 Å². The summed E-state index contributed by atoms with van der Waals surface area (Å²) in [5.74, 6) is -0.292. The fourth-order valence-electron chi connectivity index (χ4n) is 3.70. The lowest BCUT2D eigenvalue weighted by molar-refractivity contribution is 0.104. The number of nitriles is 1. The summed E-state index contributed by atoms with van der Waals surface area (Å²) < 4.78 is 2.14. The maximum absolute atomic E-state index is 12.9. The minimum atomic E-state index is -0.292. The highest BCUT2D eigenvalue weighted by atomic mass is 35.5. The van der Waals surface area contributed by atoms with E-state index < -0.39 is 0 Å². The molecule has 0 N–H and O–H groups in total. The number of allylic oxidation sites excluding steroid dienone is 1. The molecule has 0 atom stereocenters. The molecular weight excluding hydrogens is 427 g/mol. The number of halogens is 2. The van der Waals surface area contributed by atoms with Gasteiger partial charge in [-0.15, -0.1) is 0 Å². The van der Waals surface area contributed by atoms with Crippen LogP contribution in [0.15, 0.2) is 78.4 Å². The SMILES string of the molecule is Cc1c(/C=C(\C#N)C(=O)c2ccccc2)c2ccccc2n1Cc1ccc(Cl)cc1Cl. The van der Waals surface area contributed by atoms with E-state index in [4.69, 9.17) is 23.2 Å². The number of aromatic nitrogens is 1. The van der Waals surface area contributed by atoms with Crippen LogP contribution >= 0.6 is 23.2 Å². The Morgan fingerprint density at radius 1 is 1.03 bits per heavy atom. The van der Waals surface area contributed by atoms with E-state index in [1.165, 1.54) is 0 Å². The molecule has 0 aliphatic rings. The first kappa shape index (κ1) is 20.9. The van der Waals surface area contributed by atoms with Gasteiger partial charge in [-0.05, 0) is 36.8 Å². The lowest BCUT2D eigenvalue weighted by atomic mass is 10.0. The maximum Gasteiger partial charge on any atom is 0.203 e. The minimum absolute atomic E-state index is 0.0988. The number of carbonyl (C=O) groups excluding carboxylic acids is 1. The number of carbonyl (C=O) groups is 1. The molecular formula is C26H18Cl2N2O. The maximum atomic E-state index is 12.9. The smallest absolute Gasteiger partial charge is 0.203 e. The molecule has 152 valence electrons. The molecule has 0 aliphatic heterocycles. The molecule has 1 heterocycles. The zero-order valence-electron chi connectivity index (χ0n) is 16.8. The second-order valence-corrected chi connectivity index (χ2v) is 8.05. The number of para-hydroxylation sites is 1. The van der Waals surface area contributed by atoms with Crippen molar-refractivity contribution in [3.63, 3.8) is 0 Å². The van der Waals surface area contributed by atoms with Crippen LogP contribution in [-0.2, 0) is 6.54 Å². The van der Waals surface area contributed by atoms with Crippen molar-refractivity contribution in [1.29, 1.82) is 5.26 Å². The van der Waals surface area contributed by atoms with E-state index in [1.807, 2.05) is 49.4 Å². The molecule has 4 aromatic rings. The second kappa shape index (κ2) is 8.81. The number of rotatable bonds is 5. The number of benzene rings is 3. The predicted molar refractivity (Wildman–Crippen MR) is 127 cm³/mol. The van der Waals surface area contributed by atoms with Gasteiger partial charge in [0.25, 0.3) is 0 Å². The summed E-state index contributed by atoms with van der Waals surface area (Å²) in [5.41, 5.74) is 4.32. The highest BCUT2D eigenvalue weighted by Crippen LogP contribution is 2.31. The van der Waals surface area contributed by atoms with Gasteiger partial charge in [-0.2, -0.15) is 5.26 Å². The van der Waals surface area contributed by atoms with E-state index in [2.05, 4.69) is 10.6 Å². The summed E-state index contributed by atoms with van der Waals surface area (Å²) in [5, 5.41) is 11.9. The highest BCUT2D eigenvalue weighted by Gasteiger charge is 2.17. The van der Waals surface area contributed by atoms with E-state index in [9.17, 15) is 10.1 Å². The third-order valence-electron chi connectivity index (χ3n) is 5.31. The van der Waals surface area contributed by atoms with Gasteiger partial charge in [-0.3, -0.25) is 4.79 Å². The van der Waals surface area contributed by atoms with Crippen LogP contribution in [0.2, 0.25) is 10.0 Å². The van der Waals surface area contributed by atoms with Gasteiger partial charge in [-0.25, -0.2) is 0 Å². The van der Waals surface area contributed by atoms with Crippen molar-refractivity contribution < 1.29 is 4.79 Å². The van der Waals surface area contributed by atoms with Crippen molar-refractivity contribution in [3.8, 4) is 6.07 Å². The van der Waals surface area contributed by atoms with Crippen LogP contribution in [-0.4, -0.2) is 10.4 Å². The van der Waals surface area contributed by atoms with Gasteiger partial charge in [0.2, 0.25) is 5.78 Å². The molecule has 0 amide bonds. The molecule has 0 aliphatic carbocycles. The van der Waals surface area contributed by atoms with Gasteiger partial charge < -0.3 is 4.57 Å². The molecule has 0 spiro atoms. The average Bonchev–Trinajstić information content (AvgIpc) is 3.05.